The second kappa shape index (κ2) is 6.03. The molecule has 0 aromatic heterocycles. The summed E-state index contributed by atoms with van der Waals surface area (Å²) in [5.74, 6) is 0.598. The van der Waals surface area contributed by atoms with Gasteiger partial charge in [0.2, 0.25) is 0 Å². The van der Waals surface area contributed by atoms with Crippen LogP contribution in [-0.4, -0.2) is 10.8 Å². The quantitative estimate of drug-likeness (QED) is 0.702. The van der Waals surface area contributed by atoms with Crippen molar-refractivity contribution in [2.45, 2.75) is 52.5 Å². The molecule has 1 aromatic carbocycles. The van der Waals surface area contributed by atoms with E-state index in [1.165, 1.54) is 5.56 Å². The molecule has 0 aliphatic rings. The molecule has 0 heterocycles. The van der Waals surface area contributed by atoms with Crippen molar-refractivity contribution in [2.75, 3.05) is 0 Å². The molecule has 0 saturated heterocycles. The van der Waals surface area contributed by atoms with Gasteiger partial charge in [0.15, 0.2) is 0 Å². The summed E-state index contributed by atoms with van der Waals surface area (Å²) in [6.45, 7) is 7.85. The molecule has 0 spiro atoms. The molecular formula is C14H22NO2-. The third-order valence-corrected chi connectivity index (χ3v) is 3.01. The number of hydrogen-bond acceptors (Lipinski definition) is 3. The van der Waals surface area contributed by atoms with Gasteiger partial charge in [-0.1, -0.05) is 32.4 Å². The summed E-state index contributed by atoms with van der Waals surface area (Å²) in [6.07, 6.45) is 2.92. The van der Waals surface area contributed by atoms with Crippen molar-refractivity contribution in [3.05, 3.63) is 35.0 Å². The lowest BCUT2D eigenvalue weighted by Gasteiger charge is -2.41. The Kier molecular flexibility index (Phi) is 4.97. The zero-order valence-corrected chi connectivity index (χ0v) is 11.2. The second-order valence-electron chi connectivity index (χ2n) is 4.91. The lowest BCUT2D eigenvalue weighted by molar-refractivity contribution is -0.0883. The minimum atomic E-state index is -0.498. The summed E-state index contributed by atoms with van der Waals surface area (Å²) >= 11 is 0. The Morgan fingerprint density at radius 1 is 1.18 bits per heavy atom. The van der Waals surface area contributed by atoms with Gasteiger partial charge in [0.05, 0.1) is 0 Å². The average molecular weight is 236 g/mol. The molecule has 3 nitrogen and oxygen atoms in total. The molecule has 0 radical (unpaired) electrons. The van der Waals surface area contributed by atoms with Gasteiger partial charge in [-0.05, 0) is 44.4 Å². The van der Waals surface area contributed by atoms with Gasteiger partial charge in [-0.2, -0.15) is 0 Å². The number of rotatable bonds is 6. The lowest BCUT2D eigenvalue weighted by Crippen LogP contribution is -2.41. The van der Waals surface area contributed by atoms with Gasteiger partial charge in [-0.25, -0.2) is 5.23 Å². The van der Waals surface area contributed by atoms with Crippen LogP contribution < -0.4 is 4.84 Å². The van der Waals surface area contributed by atoms with Crippen LogP contribution >= 0.6 is 0 Å². The first-order valence-electron chi connectivity index (χ1n) is 6.24. The molecule has 0 saturated carbocycles. The Morgan fingerprint density at radius 2 is 1.76 bits per heavy atom. The van der Waals surface area contributed by atoms with Crippen molar-refractivity contribution in [1.82, 2.24) is 5.23 Å². The van der Waals surface area contributed by atoms with Crippen molar-refractivity contribution in [3.63, 3.8) is 0 Å². The summed E-state index contributed by atoms with van der Waals surface area (Å²) in [7, 11) is 0. The highest BCUT2D eigenvalue weighted by Crippen LogP contribution is 2.21. The maximum atomic E-state index is 11.8. The molecule has 0 aliphatic heterocycles. The fourth-order valence-electron chi connectivity index (χ4n) is 1.35. The third-order valence-electron chi connectivity index (χ3n) is 3.01. The SMILES string of the molecule is CCCc1ccc(ON([O-])C(C)(C)CC)cc1. The predicted molar refractivity (Wildman–Crippen MR) is 70.6 cm³/mol. The first-order chi connectivity index (χ1) is 7.99. The van der Waals surface area contributed by atoms with Gasteiger partial charge < -0.3 is 10.0 Å². The van der Waals surface area contributed by atoms with Crippen molar-refractivity contribution in [2.24, 2.45) is 0 Å². The topological polar surface area (TPSA) is 35.5 Å². The monoisotopic (exact) mass is 236 g/mol. The van der Waals surface area contributed by atoms with Crippen LogP contribution in [0.25, 0.3) is 0 Å². The Labute approximate surface area is 104 Å². The molecule has 0 aliphatic carbocycles. The zero-order valence-electron chi connectivity index (χ0n) is 11.2. The molecule has 1 aromatic rings. The van der Waals surface area contributed by atoms with Crippen LogP contribution in [0.15, 0.2) is 24.3 Å². The molecule has 0 unspecified atom stereocenters. The van der Waals surface area contributed by atoms with Crippen LogP contribution in [-0.2, 0) is 6.42 Å². The van der Waals surface area contributed by atoms with Gasteiger partial charge in [-0.3, -0.25) is 0 Å². The first-order valence-corrected chi connectivity index (χ1v) is 6.24. The number of hydrogen-bond donors (Lipinski definition) is 0. The average Bonchev–Trinajstić information content (AvgIpc) is 2.32. The van der Waals surface area contributed by atoms with Gasteiger partial charge >= 0.3 is 0 Å². The molecule has 1 rings (SSSR count). The fourth-order valence-corrected chi connectivity index (χ4v) is 1.35. The minimum absolute atomic E-state index is 0.498. The number of nitrogens with zero attached hydrogens (tertiary/aromatic N) is 1. The van der Waals surface area contributed by atoms with Crippen molar-refractivity contribution in [3.8, 4) is 5.75 Å². The van der Waals surface area contributed by atoms with Crippen LogP contribution in [0.5, 0.6) is 5.75 Å². The van der Waals surface area contributed by atoms with E-state index in [2.05, 4.69) is 6.92 Å². The highest BCUT2D eigenvalue weighted by molar-refractivity contribution is 5.27. The summed E-state index contributed by atoms with van der Waals surface area (Å²) in [5.41, 5.74) is 0.772. The minimum Gasteiger partial charge on any atom is -0.752 e. The van der Waals surface area contributed by atoms with E-state index in [4.69, 9.17) is 4.84 Å². The molecule has 0 amide bonds. The standard InChI is InChI=1S/C14H22NO2/c1-5-7-12-8-10-13(11-9-12)17-15(16)14(3,4)6-2/h8-11H,5-7H2,1-4H3/q-1. The Morgan fingerprint density at radius 3 is 2.24 bits per heavy atom. The van der Waals surface area contributed by atoms with Gasteiger partial charge in [0.25, 0.3) is 0 Å². The van der Waals surface area contributed by atoms with Crippen LogP contribution in [0.3, 0.4) is 0 Å². The fraction of sp³-hybridized carbons (Fsp3) is 0.571. The normalized spacial score (nSPS) is 11.9. The largest absolute Gasteiger partial charge is 0.752 e. The Bertz CT molecular complexity index is 333. The van der Waals surface area contributed by atoms with E-state index in [1.54, 1.807) is 0 Å². The molecule has 96 valence electrons. The first kappa shape index (κ1) is 14.0. The molecule has 0 fully saturated rings. The summed E-state index contributed by atoms with van der Waals surface area (Å²) in [4.78, 5) is 5.28. The predicted octanol–water partition coefficient (Wildman–Crippen LogP) is 3.92. The zero-order chi connectivity index (χ0) is 12.9. The molecular weight excluding hydrogens is 214 g/mol. The summed E-state index contributed by atoms with van der Waals surface area (Å²) in [6, 6.07) is 7.71. The van der Waals surface area contributed by atoms with Gasteiger partial charge in [0.1, 0.15) is 5.75 Å². The van der Waals surface area contributed by atoms with E-state index >= 15 is 0 Å². The number of benzene rings is 1. The van der Waals surface area contributed by atoms with Crippen LogP contribution in [0.4, 0.5) is 0 Å². The van der Waals surface area contributed by atoms with Crippen LogP contribution in [0.2, 0.25) is 0 Å². The molecule has 0 atom stereocenters. The van der Waals surface area contributed by atoms with Crippen molar-refractivity contribution in [1.29, 1.82) is 0 Å². The van der Waals surface area contributed by atoms with Gasteiger partial charge in [0, 0.05) is 5.54 Å². The van der Waals surface area contributed by atoms with E-state index in [0.29, 0.717) is 11.0 Å². The van der Waals surface area contributed by atoms with Crippen LogP contribution in [0, 0.1) is 5.21 Å². The van der Waals surface area contributed by atoms with E-state index < -0.39 is 5.54 Å². The summed E-state index contributed by atoms with van der Waals surface area (Å²) in [5, 5.41) is 12.5. The highest BCUT2D eigenvalue weighted by Gasteiger charge is 2.18. The Hall–Kier alpha value is -1.06. The molecule has 3 heteroatoms. The lowest BCUT2D eigenvalue weighted by atomic mass is 10.0. The van der Waals surface area contributed by atoms with Crippen molar-refractivity contribution >= 4 is 0 Å². The third kappa shape index (κ3) is 4.02. The molecule has 0 N–H and O–H groups in total. The highest BCUT2D eigenvalue weighted by atomic mass is 16.9. The van der Waals surface area contributed by atoms with Crippen molar-refractivity contribution < 1.29 is 4.84 Å². The van der Waals surface area contributed by atoms with Gasteiger partial charge in [-0.15, -0.1) is 0 Å². The second-order valence-corrected chi connectivity index (χ2v) is 4.91. The van der Waals surface area contributed by atoms with Crippen LogP contribution in [0.1, 0.15) is 46.1 Å². The number of hydroxylamine groups is 2. The molecule has 0 bridgehead atoms. The summed E-state index contributed by atoms with van der Waals surface area (Å²) < 4.78 is 0. The maximum Gasteiger partial charge on any atom is 0.146 e. The number of aryl methyl sites for hydroxylation is 1. The van der Waals surface area contributed by atoms with E-state index in [9.17, 15) is 5.21 Å². The van der Waals surface area contributed by atoms with E-state index in [1.807, 2.05) is 45.0 Å². The van der Waals surface area contributed by atoms with E-state index in [-0.39, 0.29) is 0 Å². The molecule has 17 heavy (non-hydrogen) atoms. The maximum absolute atomic E-state index is 11.8. The smallest absolute Gasteiger partial charge is 0.146 e. The van der Waals surface area contributed by atoms with E-state index in [0.717, 1.165) is 19.3 Å². The Balaban J connectivity index is 2.63.